The molecule has 302 valence electrons. The van der Waals surface area contributed by atoms with Crippen molar-refractivity contribution in [3.05, 3.63) is 11.6 Å². The van der Waals surface area contributed by atoms with Crippen molar-refractivity contribution >= 4 is 5.97 Å². The van der Waals surface area contributed by atoms with Crippen molar-refractivity contribution in [1.29, 1.82) is 0 Å². The summed E-state index contributed by atoms with van der Waals surface area (Å²) in [5, 5.41) is 72.3. The van der Waals surface area contributed by atoms with Gasteiger partial charge < -0.3 is 54.7 Å². The number of allylic oxidation sites excluding steroid dienone is 2. The lowest BCUT2D eigenvalue weighted by molar-refractivity contribution is -0.308. The lowest BCUT2D eigenvalue weighted by Crippen LogP contribution is -2.66. The molecule has 12 nitrogen and oxygen atoms in total. The van der Waals surface area contributed by atoms with Crippen molar-refractivity contribution < 1.29 is 59.5 Å². The van der Waals surface area contributed by atoms with Crippen LogP contribution in [-0.4, -0.2) is 116 Å². The van der Waals surface area contributed by atoms with Crippen LogP contribution in [0, 0.1) is 50.2 Å². The molecule has 2 saturated heterocycles. The van der Waals surface area contributed by atoms with Gasteiger partial charge >= 0.3 is 5.97 Å². The first kappa shape index (κ1) is 40.0. The maximum absolute atomic E-state index is 14.5. The summed E-state index contributed by atoms with van der Waals surface area (Å²) in [5.41, 5.74) is 0.0931. The molecule has 7 rings (SSSR count). The topological polar surface area (TPSA) is 196 Å². The minimum atomic E-state index is -1.64. The van der Waals surface area contributed by atoms with E-state index in [0.29, 0.717) is 24.7 Å². The molecule has 2 heterocycles. The molecule has 12 heteroatoms. The highest BCUT2D eigenvalue weighted by Crippen LogP contribution is 2.76. The van der Waals surface area contributed by atoms with E-state index in [1.165, 1.54) is 5.57 Å². The molecule has 0 radical (unpaired) electrons. The maximum Gasteiger partial charge on any atom is 0.315 e. The highest BCUT2D eigenvalue weighted by Gasteiger charge is 2.70. The van der Waals surface area contributed by atoms with E-state index in [2.05, 4.69) is 54.5 Å². The van der Waals surface area contributed by atoms with Crippen LogP contribution >= 0.6 is 0 Å². The number of hydrogen-bond donors (Lipinski definition) is 7. The molecule has 17 atom stereocenters. The number of hydrogen-bond acceptors (Lipinski definition) is 12. The Hall–Kier alpha value is -1.19. The highest BCUT2D eigenvalue weighted by molar-refractivity contribution is 5.79. The fourth-order valence-electron chi connectivity index (χ4n) is 13.3. The predicted molar refractivity (Wildman–Crippen MR) is 192 cm³/mol. The normalized spacial score (nSPS) is 53.2. The molecular weight excluding hydrogens is 684 g/mol. The fourth-order valence-corrected chi connectivity index (χ4v) is 13.3. The zero-order valence-corrected chi connectivity index (χ0v) is 32.7. The van der Waals surface area contributed by atoms with Crippen LogP contribution in [0.2, 0.25) is 0 Å². The summed E-state index contributed by atoms with van der Waals surface area (Å²) in [6.45, 7) is 15.8. The van der Waals surface area contributed by atoms with Gasteiger partial charge in [-0.25, -0.2) is 0 Å². The molecule has 2 aliphatic heterocycles. The van der Waals surface area contributed by atoms with Gasteiger partial charge in [-0.1, -0.05) is 60.1 Å². The van der Waals surface area contributed by atoms with Crippen LogP contribution in [0.1, 0.15) is 113 Å². The minimum absolute atomic E-state index is 0.00420. The third-order valence-corrected chi connectivity index (χ3v) is 16.8. The number of aliphatic hydroxyl groups is 7. The maximum atomic E-state index is 14.5. The van der Waals surface area contributed by atoms with E-state index in [1.54, 1.807) is 0 Å². The number of esters is 1. The second-order valence-corrected chi connectivity index (χ2v) is 20.2. The van der Waals surface area contributed by atoms with Gasteiger partial charge in [0, 0.05) is 0 Å². The Labute approximate surface area is 314 Å². The third kappa shape index (κ3) is 5.94. The van der Waals surface area contributed by atoms with E-state index in [4.69, 9.17) is 18.9 Å². The summed E-state index contributed by atoms with van der Waals surface area (Å²) in [5.74, 6) is 0.220. The second kappa shape index (κ2) is 13.5. The van der Waals surface area contributed by atoms with Gasteiger partial charge in [0.25, 0.3) is 0 Å². The fraction of sp³-hybridized carbons (Fsp3) is 0.927. The second-order valence-electron chi connectivity index (χ2n) is 20.2. The molecule has 0 bridgehead atoms. The zero-order valence-electron chi connectivity index (χ0n) is 32.7. The van der Waals surface area contributed by atoms with Gasteiger partial charge in [0.15, 0.2) is 6.29 Å². The Balaban J connectivity index is 1.16. The first-order chi connectivity index (χ1) is 24.7. The minimum Gasteiger partial charge on any atom is -0.432 e. The molecule has 0 unspecified atom stereocenters. The van der Waals surface area contributed by atoms with E-state index >= 15 is 0 Å². The Morgan fingerprint density at radius 3 is 2.17 bits per heavy atom. The summed E-state index contributed by atoms with van der Waals surface area (Å²) >= 11 is 0. The molecule has 0 spiro atoms. The molecule has 5 aliphatic carbocycles. The van der Waals surface area contributed by atoms with Gasteiger partial charge in [-0.2, -0.15) is 0 Å². The van der Waals surface area contributed by atoms with Crippen molar-refractivity contribution in [1.82, 2.24) is 0 Å². The molecular formula is C41H66O12. The molecule has 0 aromatic rings. The number of carbonyl (C=O) groups excluding carboxylic acids is 1. The molecule has 0 amide bonds. The number of ether oxygens (including phenoxy) is 4. The first-order valence-electron chi connectivity index (χ1n) is 20.2. The van der Waals surface area contributed by atoms with E-state index < -0.39 is 73.3 Å². The van der Waals surface area contributed by atoms with Crippen LogP contribution in [0.15, 0.2) is 11.6 Å². The van der Waals surface area contributed by atoms with Gasteiger partial charge in [0.2, 0.25) is 6.29 Å². The van der Waals surface area contributed by atoms with Crippen LogP contribution in [0.3, 0.4) is 0 Å². The lowest BCUT2D eigenvalue weighted by atomic mass is 9.33. The van der Waals surface area contributed by atoms with Gasteiger partial charge in [-0.05, 0) is 109 Å². The Morgan fingerprint density at radius 1 is 0.792 bits per heavy atom. The third-order valence-electron chi connectivity index (χ3n) is 16.8. The average molecular weight is 751 g/mol. The number of carbonyl (C=O) groups is 1. The molecule has 4 saturated carbocycles. The van der Waals surface area contributed by atoms with Gasteiger partial charge in [0.1, 0.15) is 42.7 Å². The summed E-state index contributed by atoms with van der Waals surface area (Å²) in [6.07, 6.45) is -1.54. The number of fused-ring (bicyclic) bond motifs is 7. The van der Waals surface area contributed by atoms with Crippen LogP contribution in [0.25, 0.3) is 0 Å². The standard InChI is InChI=1S/C41H66O12/c1-36(2)14-16-41(35(49)53-34-32(48)30(46)29(45)24(19-42)51-34)17-15-39(6)21(22(41)18-36)8-9-26-38(5)12-11-27(37(3,4)25(38)10-13-40(26,39)7)52-33-31(47)28(44)23(43)20-50-33/h8,22-34,42-48H,9-20H2,1-7H3/t22-,23-,24+,25-,26+,27-,28-,29+,30-,31+,32+,33-,34-,38-,39+,40+,41-/m0/s1. The van der Waals surface area contributed by atoms with Crippen molar-refractivity contribution in [2.45, 2.75) is 174 Å². The Kier molecular flexibility index (Phi) is 10.2. The van der Waals surface area contributed by atoms with E-state index in [-0.39, 0.29) is 45.7 Å². The summed E-state index contributed by atoms with van der Waals surface area (Å²) in [4.78, 5) is 14.5. The number of rotatable bonds is 5. The first-order valence-corrected chi connectivity index (χ1v) is 20.2. The van der Waals surface area contributed by atoms with Crippen molar-refractivity contribution in [3.8, 4) is 0 Å². The molecule has 0 aromatic carbocycles. The molecule has 53 heavy (non-hydrogen) atoms. The van der Waals surface area contributed by atoms with E-state index in [9.17, 15) is 40.5 Å². The van der Waals surface area contributed by atoms with E-state index in [0.717, 1.165) is 51.4 Å². The molecule has 7 N–H and O–H groups in total. The smallest absolute Gasteiger partial charge is 0.315 e. The Bertz CT molecular complexity index is 1430. The van der Waals surface area contributed by atoms with Crippen LogP contribution < -0.4 is 0 Å². The summed E-state index contributed by atoms with van der Waals surface area (Å²) in [7, 11) is 0. The SMILES string of the molecule is CC1(C)CC[C@]2(C(=O)O[C@@H]3O[C@H](CO)[C@@H](O)[C@H](O)[C@H]3O)CC[C@]3(C)C(=CC[C@@H]4[C@@]5(C)CC[C@H](O[C@@H]6OC[C@H](O)[C@H](O)[C@H]6O)C(C)(C)[C@@H]5CC[C@]43C)[C@@H]2C1. The highest BCUT2D eigenvalue weighted by atomic mass is 16.7. The largest absolute Gasteiger partial charge is 0.432 e. The molecule has 0 aromatic heterocycles. The van der Waals surface area contributed by atoms with E-state index in [1.807, 2.05) is 0 Å². The van der Waals surface area contributed by atoms with Gasteiger partial charge in [-0.15, -0.1) is 0 Å². The van der Waals surface area contributed by atoms with Gasteiger partial charge in [0.05, 0.1) is 24.7 Å². The zero-order chi connectivity index (χ0) is 38.7. The van der Waals surface area contributed by atoms with Crippen molar-refractivity contribution in [3.63, 3.8) is 0 Å². The molecule has 7 aliphatic rings. The van der Waals surface area contributed by atoms with Crippen LogP contribution in [0.4, 0.5) is 0 Å². The van der Waals surface area contributed by atoms with Crippen LogP contribution in [0.5, 0.6) is 0 Å². The van der Waals surface area contributed by atoms with Crippen LogP contribution in [-0.2, 0) is 23.7 Å². The quantitative estimate of drug-likeness (QED) is 0.124. The summed E-state index contributed by atoms with van der Waals surface area (Å²) in [6, 6.07) is 0. The van der Waals surface area contributed by atoms with Crippen molar-refractivity contribution in [2.75, 3.05) is 13.2 Å². The van der Waals surface area contributed by atoms with Crippen molar-refractivity contribution in [2.24, 2.45) is 50.2 Å². The summed E-state index contributed by atoms with van der Waals surface area (Å²) < 4.78 is 23.8. The average Bonchev–Trinajstić information content (AvgIpc) is 3.09. The Morgan fingerprint density at radius 2 is 1.47 bits per heavy atom. The van der Waals surface area contributed by atoms with Gasteiger partial charge in [-0.3, -0.25) is 4.79 Å². The monoisotopic (exact) mass is 750 g/mol. The molecule has 6 fully saturated rings. The predicted octanol–water partition coefficient (Wildman–Crippen LogP) is 2.96. The number of aliphatic hydroxyl groups excluding tert-OH is 7. The lowest BCUT2D eigenvalue weighted by Gasteiger charge is -2.71.